The lowest BCUT2D eigenvalue weighted by molar-refractivity contribution is 0.296. The van der Waals surface area contributed by atoms with E-state index in [9.17, 15) is 0 Å². The molecule has 5 heteroatoms. The summed E-state index contributed by atoms with van der Waals surface area (Å²) in [6, 6.07) is 0.332. The largest absolute Gasteiger partial charge is 0.395 e. The van der Waals surface area contributed by atoms with E-state index in [2.05, 4.69) is 39.7 Å². The van der Waals surface area contributed by atoms with Crippen LogP contribution in [0.3, 0.4) is 0 Å². The van der Waals surface area contributed by atoms with Crippen LogP contribution < -0.4 is 4.90 Å². The zero-order valence-electron chi connectivity index (χ0n) is 9.02. The molecule has 0 amide bonds. The van der Waals surface area contributed by atoms with E-state index >= 15 is 0 Å². The highest BCUT2D eigenvalue weighted by molar-refractivity contribution is 9.10. The van der Waals surface area contributed by atoms with Crippen LogP contribution in [-0.4, -0.2) is 34.3 Å². The number of anilines is 1. The molecule has 1 rings (SSSR count). The number of nitrogens with zero attached hydrogens (tertiary/aromatic N) is 3. The Hall–Kier alpha value is -0.680. The van der Waals surface area contributed by atoms with Gasteiger partial charge in [0, 0.05) is 25.0 Å². The lowest BCUT2D eigenvalue weighted by atomic mass is 10.2. The number of hydrogen-bond acceptors (Lipinski definition) is 4. The smallest absolute Gasteiger partial charge is 0.225 e. The van der Waals surface area contributed by atoms with Crippen molar-refractivity contribution in [1.29, 1.82) is 0 Å². The van der Waals surface area contributed by atoms with Gasteiger partial charge in [0.05, 0.1) is 11.1 Å². The molecule has 0 aromatic carbocycles. The maximum atomic E-state index is 8.99. The Labute approximate surface area is 98.5 Å². The van der Waals surface area contributed by atoms with Crippen LogP contribution in [0.4, 0.5) is 5.95 Å². The Bertz CT molecular complexity index is 291. The van der Waals surface area contributed by atoms with Gasteiger partial charge in [0.1, 0.15) is 0 Å². The third-order valence-electron chi connectivity index (χ3n) is 2.33. The highest BCUT2D eigenvalue weighted by Crippen LogP contribution is 2.14. The maximum Gasteiger partial charge on any atom is 0.225 e. The van der Waals surface area contributed by atoms with E-state index < -0.39 is 0 Å². The molecule has 15 heavy (non-hydrogen) atoms. The number of hydrogen-bond donors (Lipinski definition) is 1. The molecule has 1 aromatic heterocycles. The summed E-state index contributed by atoms with van der Waals surface area (Å²) in [6.45, 7) is 4.88. The molecular weight excluding hydrogens is 258 g/mol. The van der Waals surface area contributed by atoms with Crippen molar-refractivity contribution in [3.05, 3.63) is 16.9 Å². The van der Waals surface area contributed by atoms with Crippen molar-refractivity contribution in [2.75, 3.05) is 18.1 Å². The molecule has 1 N–H and O–H groups in total. The Kier molecular flexibility index (Phi) is 4.98. The number of rotatable bonds is 5. The summed E-state index contributed by atoms with van der Waals surface area (Å²) >= 11 is 3.29. The minimum atomic E-state index is 0.115. The second-order valence-corrected chi connectivity index (χ2v) is 4.29. The van der Waals surface area contributed by atoms with Gasteiger partial charge in [-0.15, -0.1) is 0 Å². The molecule has 0 saturated carbocycles. The van der Waals surface area contributed by atoms with Gasteiger partial charge < -0.3 is 10.0 Å². The average molecular weight is 274 g/mol. The minimum Gasteiger partial charge on any atom is -0.395 e. The van der Waals surface area contributed by atoms with E-state index in [4.69, 9.17) is 5.11 Å². The third-order valence-corrected chi connectivity index (χ3v) is 2.74. The van der Waals surface area contributed by atoms with Gasteiger partial charge in [-0.2, -0.15) is 0 Å². The molecule has 1 heterocycles. The molecule has 0 aliphatic heterocycles. The first-order chi connectivity index (χ1) is 7.19. The van der Waals surface area contributed by atoms with Gasteiger partial charge >= 0.3 is 0 Å². The fourth-order valence-electron chi connectivity index (χ4n) is 1.30. The van der Waals surface area contributed by atoms with E-state index in [-0.39, 0.29) is 6.61 Å². The van der Waals surface area contributed by atoms with Crippen LogP contribution >= 0.6 is 15.9 Å². The monoisotopic (exact) mass is 273 g/mol. The van der Waals surface area contributed by atoms with Crippen molar-refractivity contribution in [3.8, 4) is 0 Å². The molecule has 0 saturated heterocycles. The SMILES string of the molecule is CCC(C)N(CCO)c1ncc(Br)cn1. The normalized spacial score (nSPS) is 12.5. The molecule has 1 unspecified atom stereocenters. The van der Waals surface area contributed by atoms with Crippen molar-refractivity contribution in [2.24, 2.45) is 0 Å². The van der Waals surface area contributed by atoms with Crippen LogP contribution in [0.25, 0.3) is 0 Å². The number of aromatic nitrogens is 2. The van der Waals surface area contributed by atoms with Crippen LogP contribution in [-0.2, 0) is 0 Å². The van der Waals surface area contributed by atoms with Gasteiger partial charge in [-0.25, -0.2) is 9.97 Å². The van der Waals surface area contributed by atoms with Gasteiger partial charge in [-0.3, -0.25) is 0 Å². The van der Waals surface area contributed by atoms with Crippen molar-refractivity contribution in [3.63, 3.8) is 0 Å². The molecule has 0 fully saturated rings. The molecule has 1 atom stereocenters. The van der Waals surface area contributed by atoms with Gasteiger partial charge in [-0.05, 0) is 29.3 Å². The predicted molar refractivity (Wildman–Crippen MR) is 63.9 cm³/mol. The Balaban J connectivity index is 2.83. The molecule has 0 aliphatic rings. The van der Waals surface area contributed by atoms with Crippen LogP contribution in [0.5, 0.6) is 0 Å². The number of halogens is 1. The number of aliphatic hydroxyl groups excluding tert-OH is 1. The van der Waals surface area contributed by atoms with E-state index in [1.54, 1.807) is 12.4 Å². The molecule has 84 valence electrons. The lowest BCUT2D eigenvalue weighted by Crippen LogP contribution is -2.36. The van der Waals surface area contributed by atoms with Crippen LogP contribution in [0.1, 0.15) is 20.3 Å². The predicted octanol–water partition coefficient (Wildman–Crippen LogP) is 1.84. The third kappa shape index (κ3) is 3.43. The second-order valence-electron chi connectivity index (χ2n) is 3.38. The zero-order chi connectivity index (χ0) is 11.3. The topological polar surface area (TPSA) is 49.2 Å². The number of aliphatic hydroxyl groups is 1. The van der Waals surface area contributed by atoms with Crippen molar-refractivity contribution in [1.82, 2.24) is 9.97 Å². The zero-order valence-corrected chi connectivity index (χ0v) is 10.6. The highest BCUT2D eigenvalue weighted by Gasteiger charge is 2.14. The van der Waals surface area contributed by atoms with E-state index in [0.29, 0.717) is 18.5 Å². The minimum absolute atomic E-state index is 0.115. The van der Waals surface area contributed by atoms with Crippen molar-refractivity contribution < 1.29 is 5.11 Å². The maximum absolute atomic E-state index is 8.99. The first-order valence-electron chi connectivity index (χ1n) is 5.04. The van der Waals surface area contributed by atoms with Crippen LogP contribution in [0.15, 0.2) is 16.9 Å². The van der Waals surface area contributed by atoms with E-state index in [0.717, 1.165) is 10.9 Å². The Morgan fingerprint density at radius 1 is 1.47 bits per heavy atom. The van der Waals surface area contributed by atoms with E-state index in [1.165, 1.54) is 0 Å². The fourth-order valence-corrected chi connectivity index (χ4v) is 1.50. The molecule has 0 bridgehead atoms. The first-order valence-corrected chi connectivity index (χ1v) is 5.83. The second kappa shape index (κ2) is 6.02. The Morgan fingerprint density at radius 2 is 2.07 bits per heavy atom. The summed E-state index contributed by atoms with van der Waals surface area (Å²) in [6.07, 6.45) is 4.43. The summed E-state index contributed by atoms with van der Waals surface area (Å²) in [5, 5.41) is 8.99. The summed E-state index contributed by atoms with van der Waals surface area (Å²) in [5.74, 6) is 0.668. The molecule has 0 spiro atoms. The lowest BCUT2D eigenvalue weighted by Gasteiger charge is -2.27. The molecule has 0 radical (unpaired) electrons. The van der Waals surface area contributed by atoms with Gasteiger partial charge in [0.25, 0.3) is 0 Å². The molecule has 1 aromatic rings. The van der Waals surface area contributed by atoms with Crippen molar-refractivity contribution >= 4 is 21.9 Å². The van der Waals surface area contributed by atoms with Crippen LogP contribution in [0.2, 0.25) is 0 Å². The highest BCUT2D eigenvalue weighted by atomic mass is 79.9. The van der Waals surface area contributed by atoms with Crippen molar-refractivity contribution in [2.45, 2.75) is 26.3 Å². The summed E-state index contributed by atoms with van der Waals surface area (Å²) in [5.41, 5.74) is 0. The van der Waals surface area contributed by atoms with Gasteiger partial charge in [-0.1, -0.05) is 6.92 Å². The molecular formula is C10H16BrN3O. The quantitative estimate of drug-likeness (QED) is 0.890. The summed E-state index contributed by atoms with van der Waals surface area (Å²) in [7, 11) is 0. The first kappa shape index (κ1) is 12.4. The van der Waals surface area contributed by atoms with Gasteiger partial charge in [0.15, 0.2) is 0 Å². The average Bonchev–Trinajstić information content (AvgIpc) is 2.26. The standard InChI is InChI=1S/C10H16BrN3O/c1-3-8(2)14(4-5-15)10-12-6-9(11)7-13-10/h6-8,15H,3-5H2,1-2H3. The van der Waals surface area contributed by atoms with E-state index in [1.807, 2.05) is 4.90 Å². The fraction of sp³-hybridized carbons (Fsp3) is 0.600. The molecule has 0 aliphatic carbocycles. The van der Waals surface area contributed by atoms with Crippen LogP contribution in [0, 0.1) is 0 Å². The summed E-state index contributed by atoms with van der Waals surface area (Å²) in [4.78, 5) is 10.5. The summed E-state index contributed by atoms with van der Waals surface area (Å²) < 4.78 is 0.861. The molecule has 4 nitrogen and oxygen atoms in total. The van der Waals surface area contributed by atoms with Gasteiger partial charge in [0.2, 0.25) is 5.95 Å². The Morgan fingerprint density at radius 3 is 2.53 bits per heavy atom.